The van der Waals surface area contributed by atoms with E-state index >= 15 is 0 Å². The van der Waals surface area contributed by atoms with Crippen molar-refractivity contribution >= 4 is 22.3 Å². The molecule has 0 spiro atoms. The van der Waals surface area contributed by atoms with Crippen molar-refractivity contribution in [1.82, 2.24) is 4.98 Å². The first-order chi connectivity index (χ1) is 7.72. The van der Waals surface area contributed by atoms with Gasteiger partial charge in [-0.15, -0.1) is 0 Å². The normalized spacial score (nSPS) is 15.0. The first kappa shape index (κ1) is 11.6. The molecule has 1 aliphatic carbocycles. The second-order valence-corrected chi connectivity index (χ2v) is 5.30. The van der Waals surface area contributed by atoms with Gasteiger partial charge in [0.25, 0.3) is 0 Å². The number of aromatic nitrogens is 1. The van der Waals surface area contributed by atoms with E-state index in [9.17, 15) is 4.79 Å². The number of thiazole rings is 1. The van der Waals surface area contributed by atoms with Crippen LogP contribution in [0.2, 0.25) is 0 Å². The number of ketones is 1. The maximum Gasteiger partial charge on any atom is 0.185 e. The molecule has 0 N–H and O–H groups in total. The van der Waals surface area contributed by atoms with Crippen molar-refractivity contribution in [2.24, 2.45) is 0 Å². The third-order valence-corrected chi connectivity index (χ3v) is 4.18. The van der Waals surface area contributed by atoms with E-state index in [2.05, 4.69) is 23.9 Å². The van der Waals surface area contributed by atoms with Gasteiger partial charge >= 0.3 is 0 Å². The van der Waals surface area contributed by atoms with Crippen LogP contribution in [-0.2, 0) is 6.42 Å². The lowest BCUT2D eigenvalue weighted by atomic mass is 10.0. The zero-order valence-electron chi connectivity index (χ0n) is 9.95. The first-order valence-corrected chi connectivity index (χ1v) is 6.78. The average Bonchev–Trinajstić information content (AvgIpc) is 2.71. The number of anilines is 1. The molecular formula is C12H18N2OS. The summed E-state index contributed by atoms with van der Waals surface area (Å²) in [6, 6.07) is 0. The number of carbonyl (C=O) groups excluding carboxylic acids is 1. The SMILES string of the molecule is CCCCN(C)c1nc2c(s1)C(=O)CCC2. The molecule has 88 valence electrons. The van der Waals surface area contributed by atoms with Crippen LogP contribution in [0.1, 0.15) is 48.0 Å². The standard InChI is InChI=1S/C12H18N2OS/c1-3-4-8-14(2)12-13-9-6-5-7-10(15)11(9)16-12/h3-8H2,1-2H3. The van der Waals surface area contributed by atoms with Crippen molar-refractivity contribution < 1.29 is 4.79 Å². The fourth-order valence-corrected chi connectivity index (χ4v) is 2.98. The minimum Gasteiger partial charge on any atom is -0.351 e. The van der Waals surface area contributed by atoms with Crippen molar-refractivity contribution in [3.63, 3.8) is 0 Å². The van der Waals surface area contributed by atoms with Crippen LogP contribution < -0.4 is 4.90 Å². The lowest BCUT2D eigenvalue weighted by molar-refractivity contribution is 0.0976. The number of fused-ring (bicyclic) bond motifs is 1. The van der Waals surface area contributed by atoms with Gasteiger partial charge in [0.05, 0.1) is 10.6 Å². The molecule has 1 aliphatic rings. The zero-order valence-corrected chi connectivity index (χ0v) is 10.8. The molecule has 1 aromatic rings. The van der Waals surface area contributed by atoms with Crippen LogP contribution in [0.3, 0.4) is 0 Å². The average molecular weight is 238 g/mol. The molecule has 2 rings (SSSR count). The van der Waals surface area contributed by atoms with Gasteiger partial charge in [-0.25, -0.2) is 4.98 Å². The molecule has 0 saturated carbocycles. The molecule has 3 nitrogen and oxygen atoms in total. The maximum atomic E-state index is 11.7. The Morgan fingerprint density at radius 2 is 2.25 bits per heavy atom. The molecule has 0 radical (unpaired) electrons. The fraction of sp³-hybridized carbons (Fsp3) is 0.667. The minimum atomic E-state index is 0.286. The number of unbranched alkanes of at least 4 members (excludes halogenated alkanes) is 1. The maximum absolute atomic E-state index is 11.7. The van der Waals surface area contributed by atoms with Crippen LogP contribution in [-0.4, -0.2) is 24.4 Å². The molecule has 0 unspecified atom stereocenters. The molecule has 4 heteroatoms. The summed E-state index contributed by atoms with van der Waals surface area (Å²) in [4.78, 5) is 19.3. The smallest absolute Gasteiger partial charge is 0.185 e. The van der Waals surface area contributed by atoms with Crippen LogP contribution in [0.15, 0.2) is 0 Å². The van der Waals surface area contributed by atoms with E-state index in [1.54, 1.807) is 11.3 Å². The van der Waals surface area contributed by atoms with Crippen molar-refractivity contribution in [2.45, 2.75) is 39.0 Å². The van der Waals surface area contributed by atoms with Gasteiger partial charge in [0.15, 0.2) is 10.9 Å². The molecule has 16 heavy (non-hydrogen) atoms. The molecule has 0 atom stereocenters. The van der Waals surface area contributed by atoms with Crippen molar-refractivity contribution in [3.8, 4) is 0 Å². The number of carbonyl (C=O) groups is 1. The zero-order chi connectivity index (χ0) is 11.5. The van der Waals surface area contributed by atoms with Gasteiger partial charge in [-0.05, 0) is 19.3 Å². The summed E-state index contributed by atoms with van der Waals surface area (Å²) in [5.41, 5.74) is 1.03. The molecule has 0 saturated heterocycles. The van der Waals surface area contributed by atoms with E-state index in [0.29, 0.717) is 6.42 Å². The summed E-state index contributed by atoms with van der Waals surface area (Å²) >= 11 is 1.57. The Bertz CT molecular complexity index is 386. The highest BCUT2D eigenvalue weighted by molar-refractivity contribution is 7.17. The van der Waals surface area contributed by atoms with E-state index in [-0.39, 0.29) is 5.78 Å². The highest BCUT2D eigenvalue weighted by Crippen LogP contribution is 2.31. The third-order valence-electron chi connectivity index (χ3n) is 2.93. The number of hydrogen-bond acceptors (Lipinski definition) is 4. The second kappa shape index (κ2) is 4.95. The van der Waals surface area contributed by atoms with Gasteiger partial charge in [-0.1, -0.05) is 24.7 Å². The van der Waals surface area contributed by atoms with Crippen LogP contribution in [0, 0.1) is 0 Å². The Balaban J connectivity index is 2.14. The van der Waals surface area contributed by atoms with E-state index in [1.165, 1.54) is 12.8 Å². The Hall–Kier alpha value is -0.900. The highest BCUT2D eigenvalue weighted by atomic mass is 32.1. The third kappa shape index (κ3) is 2.26. The predicted octanol–water partition coefficient (Wildman–Crippen LogP) is 2.90. The Labute approximate surface area is 100 Å². The molecule has 0 aromatic carbocycles. The second-order valence-electron chi connectivity index (χ2n) is 4.32. The van der Waals surface area contributed by atoms with Gasteiger partial charge in [0.1, 0.15) is 0 Å². The Kier molecular flexibility index (Phi) is 3.59. The lowest BCUT2D eigenvalue weighted by Gasteiger charge is -2.14. The number of aryl methyl sites for hydroxylation is 1. The van der Waals surface area contributed by atoms with Crippen molar-refractivity contribution in [3.05, 3.63) is 10.6 Å². The summed E-state index contributed by atoms with van der Waals surface area (Å²) in [6.07, 6.45) is 5.00. The van der Waals surface area contributed by atoms with Crippen LogP contribution >= 0.6 is 11.3 Å². The van der Waals surface area contributed by atoms with Crippen LogP contribution in [0.4, 0.5) is 5.13 Å². The van der Waals surface area contributed by atoms with Gasteiger partial charge in [0.2, 0.25) is 0 Å². The Morgan fingerprint density at radius 1 is 1.44 bits per heavy atom. The van der Waals surface area contributed by atoms with E-state index in [4.69, 9.17) is 0 Å². The van der Waals surface area contributed by atoms with E-state index in [1.807, 2.05) is 0 Å². The van der Waals surface area contributed by atoms with Gasteiger partial charge in [-0.2, -0.15) is 0 Å². The molecule has 0 amide bonds. The number of nitrogens with zero attached hydrogens (tertiary/aromatic N) is 2. The first-order valence-electron chi connectivity index (χ1n) is 5.96. The van der Waals surface area contributed by atoms with Gasteiger partial charge < -0.3 is 4.90 Å². The van der Waals surface area contributed by atoms with E-state index < -0.39 is 0 Å². The predicted molar refractivity (Wildman–Crippen MR) is 67.6 cm³/mol. The molecule has 0 aliphatic heterocycles. The Morgan fingerprint density at radius 3 is 2.94 bits per heavy atom. The summed E-state index contributed by atoms with van der Waals surface area (Å²) < 4.78 is 0. The van der Waals surface area contributed by atoms with Crippen LogP contribution in [0.25, 0.3) is 0 Å². The molecule has 0 bridgehead atoms. The van der Waals surface area contributed by atoms with E-state index in [0.717, 1.165) is 35.1 Å². The largest absolute Gasteiger partial charge is 0.351 e. The molecular weight excluding hydrogens is 220 g/mol. The quantitative estimate of drug-likeness (QED) is 0.808. The summed E-state index contributed by atoms with van der Waals surface area (Å²) in [6.45, 7) is 3.21. The lowest BCUT2D eigenvalue weighted by Crippen LogP contribution is -2.17. The summed E-state index contributed by atoms with van der Waals surface area (Å²) in [7, 11) is 2.06. The fourth-order valence-electron chi connectivity index (χ4n) is 1.91. The van der Waals surface area contributed by atoms with Crippen molar-refractivity contribution in [2.75, 3.05) is 18.5 Å². The monoisotopic (exact) mass is 238 g/mol. The van der Waals surface area contributed by atoms with Crippen LogP contribution in [0.5, 0.6) is 0 Å². The summed E-state index contributed by atoms with van der Waals surface area (Å²) in [5.74, 6) is 0.286. The van der Waals surface area contributed by atoms with Gasteiger partial charge in [-0.3, -0.25) is 4.79 Å². The highest BCUT2D eigenvalue weighted by Gasteiger charge is 2.23. The topological polar surface area (TPSA) is 33.2 Å². The number of Topliss-reactive ketones (excluding diaryl/α,β-unsaturated/α-hetero) is 1. The molecule has 1 heterocycles. The molecule has 1 aromatic heterocycles. The number of hydrogen-bond donors (Lipinski definition) is 0. The van der Waals surface area contributed by atoms with Gasteiger partial charge in [0, 0.05) is 20.0 Å². The number of rotatable bonds is 4. The van der Waals surface area contributed by atoms with Crippen molar-refractivity contribution in [1.29, 1.82) is 0 Å². The summed E-state index contributed by atoms with van der Waals surface area (Å²) in [5, 5.41) is 1.01. The minimum absolute atomic E-state index is 0.286. The molecule has 0 fully saturated rings.